The zero-order valence-corrected chi connectivity index (χ0v) is 16.9. The largest absolute Gasteiger partial charge is 0.355 e. The van der Waals surface area contributed by atoms with Crippen molar-refractivity contribution in [3.63, 3.8) is 0 Å². The summed E-state index contributed by atoms with van der Waals surface area (Å²) in [4.78, 5) is 2.19. The molecule has 0 atom stereocenters. The summed E-state index contributed by atoms with van der Waals surface area (Å²) in [6.45, 7) is 3.20. The molecule has 3 aromatic rings. The zero-order chi connectivity index (χ0) is 19.7. The summed E-state index contributed by atoms with van der Waals surface area (Å²) in [5.74, 6) is 1.70. The molecule has 4 rings (SSSR count). The number of rotatable bonds is 5. The lowest BCUT2D eigenvalue weighted by molar-refractivity contribution is 0.311. The molecule has 0 unspecified atom stereocenters. The minimum absolute atomic E-state index is 0.0414. The lowest BCUT2D eigenvalue weighted by Crippen LogP contribution is -2.46. The van der Waals surface area contributed by atoms with Gasteiger partial charge in [0, 0.05) is 31.7 Å². The van der Waals surface area contributed by atoms with Crippen LogP contribution in [0, 0.1) is 0 Å². The van der Waals surface area contributed by atoms with Gasteiger partial charge in [0.25, 0.3) is 0 Å². The maximum atomic E-state index is 12.1. The normalized spacial score (nSPS) is 16.2. The van der Waals surface area contributed by atoms with Crippen LogP contribution in [0.1, 0.15) is 19.8 Å². The summed E-state index contributed by atoms with van der Waals surface area (Å²) >= 11 is 0. The van der Waals surface area contributed by atoms with E-state index in [-0.39, 0.29) is 11.8 Å². The second-order valence-electron chi connectivity index (χ2n) is 6.99. The molecule has 0 bridgehead atoms. The predicted molar refractivity (Wildman–Crippen MR) is 109 cm³/mol. The van der Waals surface area contributed by atoms with Gasteiger partial charge in [0.1, 0.15) is 5.82 Å². The van der Waals surface area contributed by atoms with Gasteiger partial charge in [0.05, 0.1) is 5.75 Å². The average Bonchev–Trinajstić information content (AvgIpc) is 3.17. The van der Waals surface area contributed by atoms with Crippen molar-refractivity contribution >= 4 is 21.5 Å². The smallest absolute Gasteiger partial charge is 0.213 e. The Morgan fingerprint density at radius 3 is 2.46 bits per heavy atom. The molecular weight excluding hydrogens is 376 g/mol. The van der Waals surface area contributed by atoms with Crippen LogP contribution >= 0.6 is 0 Å². The van der Waals surface area contributed by atoms with Gasteiger partial charge in [-0.15, -0.1) is 15.3 Å². The van der Waals surface area contributed by atoms with Crippen LogP contribution in [0.2, 0.25) is 0 Å². The van der Waals surface area contributed by atoms with E-state index in [2.05, 4.69) is 15.1 Å². The highest BCUT2D eigenvalue weighted by atomic mass is 32.2. The molecule has 0 N–H and O–H groups in total. The number of piperidine rings is 1. The number of aromatic nitrogens is 4. The minimum Gasteiger partial charge on any atom is -0.355 e. The Morgan fingerprint density at radius 1 is 1.07 bits per heavy atom. The molecule has 1 saturated heterocycles. The molecule has 28 heavy (non-hydrogen) atoms. The Hall–Kier alpha value is -2.52. The van der Waals surface area contributed by atoms with Crippen LogP contribution in [0.3, 0.4) is 0 Å². The molecule has 1 fully saturated rings. The fourth-order valence-electron chi connectivity index (χ4n) is 3.60. The van der Waals surface area contributed by atoms with Gasteiger partial charge in [-0.25, -0.2) is 12.7 Å². The number of fused-ring (bicyclic) bond motifs is 1. The van der Waals surface area contributed by atoms with Crippen LogP contribution in [0.4, 0.5) is 5.82 Å². The van der Waals surface area contributed by atoms with Crippen molar-refractivity contribution < 1.29 is 8.42 Å². The Balaban J connectivity index is 1.55. The maximum Gasteiger partial charge on any atom is 0.213 e. The van der Waals surface area contributed by atoms with Crippen LogP contribution in [0.15, 0.2) is 42.5 Å². The monoisotopic (exact) mass is 400 g/mol. The molecule has 1 aromatic carbocycles. The molecule has 1 aliphatic heterocycles. The first-order valence-corrected chi connectivity index (χ1v) is 11.1. The third-order valence-corrected chi connectivity index (χ3v) is 7.29. The molecule has 0 spiro atoms. The van der Waals surface area contributed by atoms with Crippen molar-refractivity contribution in [2.75, 3.05) is 30.8 Å². The van der Waals surface area contributed by atoms with Crippen LogP contribution in [-0.2, 0) is 10.0 Å². The number of benzene rings is 1. The Bertz CT molecular complexity index is 1060. The number of nitrogens with zero attached hydrogens (tertiary/aromatic N) is 6. The Labute approximate surface area is 164 Å². The zero-order valence-electron chi connectivity index (χ0n) is 16.1. The highest BCUT2D eigenvalue weighted by molar-refractivity contribution is 7.89. The van der Waals surface area contributed by atoms with E-state index in [9.17, 15) is 8.42 Å². The fraction of sp³-hybridized carbons (Fsp3) is 0.421. The van der Waals surface area contributed by atoms with Crippen LogP contribution in [-0.4, -0.2) is 64.5 Å². The second-order valence-corrected chi connectivity index (χ2v) is 9.30. The van der Waals surface area contributed by atoms with E-state index >= 15 is 0 Å². The first-order chi connectivity index (χ1) is 13.5. The third kappa shape index (κ3) is 3.47. The molecule has 0 radical (unpaired) electrons. The number of hydrogen-bond acceptors (Lipinski definition) is 6. The maximum absolute atomic E-state index is 12.1. The van der Waals surface area contributed by atoms with E-state index in [1.807, 2.05) is 42.5 Å². The van der Waals surface area contributed by atoms with Crippen LogP contribution < -0.4 is 4.90 Å². The Morgan fingerprint density at radius 2 is 1.79 bits per heavy atom. The summed E-state index contributed by atoms with van der Waals surface area (Å²) in [6, 6.07) is 13.8. The van der Waals surface area contributed by atoms with Gasteiger partial charge < -0.3 is 4.90 Å². The van der Waals surface area contributed by atoms with Gasteiger partial charge in [0.15, 0.2) is 11.5 Å². The van der Waals surface area contributed by atoms with Gasteiger partial charge in [0.2, 0.25) is 10.0 Å². The number of sulfonamides is 1. The second kappa shape index (κ2) is 7.48. The fourth-order valence-corrected chi connectivity index (χ4v) is 4.68. The van der Waals surface area contributed by atoms with Gasteiger partial charge in [-0.1, -0.05) is 30.3 Å². The van der Waals surface area contributed by atoms with Gasteiger partial charge in [-0.3, -0.25) is 0 Å². The molecule has 8 nitrogen and oxygen atoms in total. The molecule has 1 aliphatic rings. The summed E-state index contributed by atoms with van der Waals surface area (Å²) in [6.07, 6.45) is 1.56. The van der Waals surface area contributed by atoms with Gasteiger partial charge in [-0.05, 0) is 31.9 Å². The topological polar surface area (TPSA) is 83.7 Å². The van der Waals surface area contributed by atoms with E-state index in [1.165, 1.54) is 4.31 Å². The predicted octanol–water partition coefficient (Wildman–Crippen LogP) is 2.04. The molecular formula is C19H24N6O2S. The highest BCUT2D eigenvalue weighted by Crippen LogP contribution is 2.24. The quantitative estimate of drug-likeness (QED) is 0.652. The van der Waals surface area contributed by atoms with Gasteiger partial charge in [-0.2, -0.15) is 4.52 Å². The average molecular weight is 401 g/mol. The van der Waals surface area contributed by atoms with E-state index < -0.39 is 10.0 Å². The van der Waals surface area contributed by atoms with Crippen molar-refractivity contribution in [1.82, 2.24) is 24.1 Å². The lowest BCUT2D eigenvalue weighted by atomic mass is 10.1. The number of anilines is 1. The standard InChI is InChI=1S/C19H24N6O2S/c1-3-28(26,27)23(2)16-11-13-24(14-12-16)18-10-9-17-20-21-19(25(17)22-18)15-7-5-4-6-8-15/h4-10,16H,3,11-14H2,1-2H3. The van der Waals surface area contributed by atoms with Crippen molar-refractivity contribution in [1.29, 1.82) is 0 Å². The lowest BCUT2D eigenvalue weighted by Gasteiger charge is -2.36. The van der Waals surface area contributed by atoms with Crippen molar-refractivity contribution in [3.05, 3.63) is 42.5 Å². The summed E-state index contributed by atoms with van der Waals surface area (Å²) < 4.78 is 27.5. The van der Waals surface area contributed by atoms with E-state index in [1.54, 1.807) is 18.5 Å². The number of hydrogen-bond donors (Lipinski definition) is 0. The minimum atomic E-state index is -3.16. The van der Waals surface area contributed by atoms with Gasteiger partial charge >= 0.3 is 0 Å². The Kier molecular flexibility index (Phi) is 5.03. The molecule has 148 valence electrons. The van der Waals surface area contributed by atoms with E-state index in [0.29, 0.717) is 11.5 Å². The molecule has 2 aromatic heterocycles. The highest BCUT2D eigenvalue weighted by Gasteiger charge is 2.29. The van der Waals surface area contributed by atoms with Crippen molar-refractivity contribution in [3.8, 4) is 11.4 Å². The molecule has 3 heterocycles. The van der Waals surface area contributed by atoms with Crippen LogP contribution in [0.25, 0.3) is 17.0 Å². The first-order valence-electron chi connectivity index (χ1n) is 9.48. The van der Waals surface area contributed by atoms with Crippen LogP contribution in [0.5, 0.6) is 0 Å². The van der Waals surface area contributed by atoms with Crippen molar-refractivity contribution in [2.24, 2.45) is 0 Å². The molecule has 0 amide bonds. The van der Waals surface area contributed by atoms with Crippen molar-refractivity contribution in [2.45, 2.75) is 25.8 Å². The molecule has 9 heteroatoms. The first kappa shape index (κ1) is 18.8. The van der Waals surface area contributed by atoms with E-state index in [4.69, 9.17) is 5.10 Å². The van der Waals surface area contributed by atoms with E-state index in [0.717, 1.165) is 37.3 Å². The summed E-state index contributed by atoms with van der Waals surface area (Å²) in [5, 5.41) is 13.2. The summed E-state index contributed by atoms with van der Waals surface area (Å²) in [5.41, 5.74) is 1.66. The molecule has 0 aliphatic carbocycles. The third-order valence-electron chi connectivity index (χ3n) is 5.39. The SMILES string of the molecule is CCS(=O)(=O)N(C)C1CCN(c2ccc3nnc(-c4ccccc4)n3n2)CC1. The molecule has 0 saturated carbocycles. The summed E-state index contributed by atoms with van der Waals surface area (Å²) in [7, 11) is -1.47.